The van der Waals surface area contributed by atoms with Crippen LogP contribution in [0.4, 0.5) is 0 Å². The number of aromatic nitrogens is 3. The Morgan fingerprint density at radius 3 is 2.50 bits per heavy atom. The molecular weight excluding hydrogens is 408 g/mol. The van der Waals surface area contributed by atoms with Crippen LogP contribution in [0.25, 0.3) is 11.5 Å². The first-order chi connectivity index (χ1) is 15.5. The molecule has 8 heteroatoms. The molecule has 168 valence electrons. The standard InChI is InChI=1S/C23H26N4O2.CH2O2/c1-26-14-11-23(12-15-26,18-7-4-3-5-8-18)17-27-16-13-24-21(27)19-9-6-10-20(25-19)22(28)29-2;2-1-3/h3-10,13,16H,11-12,14-15,17H2,1-2H3;1H,(H,2,3). The van der Waals surface area contributed by atoms with Gasteiger partial charge in [0.1, 0.15) is 11.4 Å². The maximum absolute atomic E-state index is 11.9. The molecule has 4 rings (SSSR count). The number of nitrogens with zero attached hydrogens (tertiary/aromatic N) is 4. The van der Waals surface area contributed by atoms with Crippen LogP contribution in [0, 0.1) is 0 Å². The number of piperidine rings is 1. The van der Waals surface area contributed by atoms with Crippen LogP contribution in [0.15, 0.2) is 60.9 Å². The van der Waals surface area contributed by atoms with E-state index >= 15 is 0 Å². The van der Waals surface area contributed by atoms with Crippen molar-refractivity contribution in [2.24, 2.45) is 0 Å². The molecule has 1 aromatic carbocycles. The summed E-state index contributed by atoms with van der Waals surface area (Å²) in [5, 5.41) is 6.89. The van der Waals surface area contributed by atoms with Gasteiger partial charge in [0.2, 0.25) is 0 Å². The predicted octanol–water partition coefficient (Wildman–Crippen LogP) is 3.10. The van der Waals surface area contributed by atoms with Crippen molar-refractivity contribution < 1.29 is 19.4 Å². The zero-order valence-electron chi connectivity index (χ0n) is 18.3. The second-order valence-corrected chi connectivity index (χ2v) is 7.83. The maximum atomic E-state index is 11.9. The molecule has 3 heterocycles. The average Bonchev–Trinajstić information content (AvgIpc) is 3.29. The van der Waals surface area contributed by atoms with Crippen molar-refractivity contribution >= 4 is 12.4 Å². The molecule has 32 heavy (non-hydrogen) atoms. The molecule has 1 fully saturated rings. The zero-order valence-corrected chi connectivity index (χ0v) is 18.3. The lowest BCUT2D eigenvalue weighted by atomic mass is 9.72. The van der Waals surface area contributed by atoms with Gasteiger partial charge in [-0.2, -0.15) is 0 Å². The quantitative estimate of drug-likeness (QED) is 0.485. The Morgan fingerprint density at radius 2 is 1.84 bits per heavy atom. The fourth-order valence-electron chi connectivity index (χ4n) is 4.15. The third-order valence-corrected chi connectivity index (χ3v) is 5.89. The molecule has 1 N–H and O–H groups in total. The monoisotopic (exact) mass is 436 g/mol. The van der Waals surface area contributed by atoms with Gasteiger partial charge in [-0.05, 0) is 50.7 Å². The van der Waals surface area contributed by atoms with Gasteiger partial charge in [0.05, 0.1) is 7.11 Å². The Morgan fingerprint density at radius 1 is 1.16 bits per heavy atom. The Balaban J connectivity index is 0.000000913. The Labute approximate surface area is 187 Å². The number of imidazole rings is 1. The van der Waals surface area contributed by atoms with Gasteiger partial charge < -0.3 is 19.3 Å². The van der Waals surface area contributed by atoms with E-state index in [0.717, 1.165) is 38.3 Å². The van der Waals surface area contributed by atoms with E-state index in [9.17, 15) is 4.79 Å². The van der Waals surface area contributed by atoms with Gasteiger partial charge in [-0.3, -0.25) is 4.79 Å². The maximum Gasteiger partial charge on any atom is 0.356 e. The second-order valence-electron chi connectivity index (χ2n) is 7.83. The van der Waals surface area contributed by atoms with E-state index in [1.54, 1.807) is 12.3 Å². The Hall–Kier alpha value is -3.52. The van der Waals surface area contributed by atoms with Crippen LogP contribution in [-0.4, -0.2) is 64.2 Å². The van der Waals surface area contributed by atoms with Crippen LogP contribution in [-0.2, 0) is 21.5 Å². The molecule has 1 aliphatic heterocycles. The van der Waals surface area contributed by atoms with Crippen molar-refractivity contribution in [3.63, 3.8) is 0 Å². The van der Waals surface area contributed by atoms with Crippen LogP contribution in [0.2, 0.25) is 0 Å². The number of esters is 1. The highest BCUT2D eigenvalue weighted by molar-refractivity contribution is 5.87. The molecule has 0 bridgehead atoms. The van der Waals surface area contributed by atoms with E-state index in [1.807, 2.05) is 18.3 Å². The number of hydrogen-bond acceptors (Lipinski definition) is 6. The predicted molar refractivity (Wildman–Crippen MR) is 120 cm³/mol. The number of carbonyl (C=O) groups is 2. The van der Waals surface area contributed by atoms with E-state index in [-0.39, 0.29) is 17.6 Å². The molecule has 8 nitrogen and oxygen atoms in total. The van der Waals surface area contributed by atoms with Gasteiger partial charge in [0.15, 0.2) is 5.82 Å². The first kappa shape index (κ1) is 23.1. The SMILES string of the molecule is COC(=O)c1cccc(-c2nccn2CC2(c3ccccc3)CCN(C)CC2)n1.O=CO. The number of carboxylic acid groups (broad SMARTS) is 1. The first-order valence-corrected chi connectivity index (χ1v) is 10.4. The van der Waals surface area contributed by atoms with Gasteiger partial charge in [-0.25, -0.2) is 14.8 Å². The molecule has 0 atom stereocenters. The summed E-state index contributed by atoms with van der Waals surface area (Å²) in [6.45, 7) is 2.70. The van der Waals surface area contributed by atoms with Crippen molar-refractivity contribution in [3.8, 4) is 11.5 Å². The second kappa shape index (κ2) is 10.7. The number of methoxy groups -OCH3 is 1. The largest absolute Gasteiger partial charge is 0.483 e. The van der Waals surface area contributed by atoms with Crippen molar-refractivity contribution in [1.82, 2.24) is 19.4 Å². The van der Waals surface area contributed by atoms with Gasteiger partial charge in [0, 0.05) is 24.4 Å². The number of pyridine rings is 1. The van der Waals surface area contributed by atoms with Crippen LogP contribution in [0.5, 0.6) is 0 Å². The number of carbonyl (C=O) groups excluding carboxylic acids is 1. The third kappa shape index (κ3) is 5.20. The number of ether oxygens (including phenoxy) is 1. The summed E-state index contributed by atoms with van der Waals surface area (Å²) in [4.78, 5) is 31.7. The van der Waals surface area contributed by atoms with E-state index in [2.05, 4.69) is 56.8 Å². The molecular formula is C24H28N4O4. The number of rotatable bonds is 5. The summed E-state index contributed by atoms with van der Waals surface area (Å²) < 4.78 is 6.98. The van der Waals surface area contributed by atoms with E-state index in [0.29, 0.717) is 5.69 Å². The molecule has 0 amide bonds. The smallest absolute Gasteiger partial charge is 0.356 e. The summed E-state index contributed by atoms with van der Waals surface area (Å²) in [6.07, 6.45) is 5.97. The normalized spacial score (nSPS) is 15.3. The first-order valence-electron chi connectivity index (χ1n) is 10.4. The summed E-state index contributed by atoms with van der Waals surface area (Å²) in [5.41, 5.74) is 2.37. The van der Waals surface area contributed by atoms with Crippen LogP contribution >= 0.6 is 0 Å². The van der Waals surface area contributed by atoms with Crippen molar-refractivity contribution in [2.45, 2.75) is 24.8 Å². The summed E-state index contributed by atoms with van der Waals surface area (Å²) >= 11 is 0. The number of hydrogen-bond donors (Lipinski definition) is 1. The van der Waals surface area contributed by atoms with E-state index in [1.165, 1.54) is 12.7 Å². The van der Waals surface area contributed by atoms with Gasteiger partial charge >= 0.3 is 5.97 Å². The number of likely N-dealkylation sites (tertiary alicyclic amines) is 1. The lowest BCUT2D eigenvalue weighted by molar-refractivity contribution is -0.122. The van der Waals surface area contributed by atoms with Gasteiger partial charge in [-0.15, -0.1) is 0 Å². The molecule has 0 aliphatic carbocycles. The fraction of sp³-hybridized carbons (Fsp3) is 0.333. The Kier molecular flexibility index (Phi) is 7.72. The zero-order chi connectivity index (χ0) is 23.0. The average molecular weight is 437 g/mol. The molecule has 1 saturated heterocycles. The minimum atomic E-state index is -0.443. The van der Waals surface area contributed by atoms with E-state index in [4.69, 9.17) is 14.6 Å². The molecule has 0 saturated carbocycles. The van der Waals surface area contributed by atoms with Crippen LogP contribution < -0.4 is 0 Å². The van der Waals surface area contributed by atoms with Crippen molar-refractivity contribution in [2.75, 3.05) is 27.2 Å². The summed E-state index contributed by atoms with van der Waals surface area (Å²) in [7, 11) is 3.54. The molecule has 3 aromatic rings. The van der Waals surface area contributed by atoms with Gasteiger partial charge in [0.25, 0.3) is 6.47 Å². The topological polar surface area (TPSA) is 97.5 Å². The highest BCUT2D eigenvalue weighted by Crippen LogP contribution is 2.37. The highest BCUT2D eigenvalue weighted by atomic mass is 16.5. The molecule has 1 aliphatic rings. The molecule has 0 radical (unpaired) electrons. The lowest BCUT2D eigenvalue weighted by Crippen LogP contribution is -2.43. The van der Waals surface area contributed by atoms with Crippen molar-refractivity contribution in [1.29, 1.82) is 0 Å². The minimum Gasteiger partial charge on any atom is -0.483 e. The number of benzene rings is 1. The third-order valence-electron chi connectivity index (χ3n) is 5.89. The van der Waals surface area contributed by atoms with Crippen LogP contribution in [0.1, 0.15) is 28.9 Å². The van der Waals surface area contributed by atoms with Crippen LogP contribution in [0.3, 0.4) is 0 Å². The minimum absolute atomic E-state index is 0.0448. The Bertz CT molecular complexity index is 1030. The highest BCUT2D eigenvalue weighted by Gasteiger charge is 2.36. The van der Waals surface area contributed by atoms with Gasteiger partial charge in [-0.1, -0.05) is 36.4 Å². The molecule has 2 aromatic heterocycles. The fourth-order valence-corrected chi connectivity index (χ4v) is 4.15. The molecule has 0 spiro atoms. The van der Waals surface area contributed by atoms with Crippen molar-refractivity contribution in [3.05, 3.63) is 72.2 Å². The summed E-state index contributed by atoms with van der Waals surface area (Å²) in [5.74, 6) is 0.325. The van der Waals surface area contributed by atoms with E-state index < -0.39 is 5.97 Å². The summed E-state index contributed by atoms with van der Waals surface area (Å²) in [6, 6.07) is 16.1. The lowest BCUT2D eigenvalue weighted by Gasteiger charge is -2.41. The molecule has 0 unspecified atom stereocenters.